The first-order valence-corrected chi connectivity index (χ1v) is 4.31. The topological polar surface area (TPSA) is 78.4 Å². The lowest BCUT2D eigenvalue weighted by Gasteiger charge is -2.07. The van der Waals surface area contributed by atoms with E-state index in [9.17, 15) is 10.2 Å². The molecule has 2 aromatic rings. The molecule has 15 heavy (non-hydrogen) atoms. The van der Waals surface area contributed by atoms with Crippen LogP contribution in [0.25, 0.3) is 11.1 Å². The van der Waals surface area contributed by atoms with E-state index in [0.29, 0.717) is 0 Å². The van der Waals surface area contributed by atoms with Gasteiger partial charge in [0.25, 0.3) is 0 Å². The number of H-pyrrole nitrogens is 1. The van der Waals surface area contributed by atoms with Gasteiger partial charge in [0.05, 0.1) is 13.3 Å². The maximum atomic E-state index is 9.45. The van der Waals surface area contributed by atoms with Gasteiger partial charge >= 0.3 is 0 Å². The molecule has 5 heteroatoms. The number of rotatable bonds is 2. The molecular formula is C10H10N2O3. The molecule has 1 aromatic heterocycles. The second-order valence-corrected chi connectivity index (χ2v) is 3.03. The average Bonchev–Trinajstić information content (AvgIpc) is 2.75. The van der Waals surface area contributed by atoms with E-state index in [2.05, 4.69) is 10.2 Å². The van der Waals surface area contributed by atoms with Crippen molar-refractivity contribution in [2.75, 3.05) is 7.11 Å². The number of benzene rings is 1. The van der Waals surface area contributed by atoms with Gasteiger partial charge in [-0.1, -0.05) is 0 Å². The van der Waals surface area contributed by atoms with Crippen molar-refractivity contribution in [3.8, 4) is 28.4 Å². The Hall–Kier alpha value is -2.17. The van der Waals surface area contributed by atoms with E-state index in [0.717, 1.165) is 11.1 Å². The van der Waals surface area contributed by atoms with Crippen molar-refractivity contribution < 1.29 is 14.9 Å². The van der Waals surface area contributed by atoms with E-state index in [-0.39, 0.29) is 17.2 Å². The summed E-state index contributed by atoms with van der Waals surface area (Å²) in [6.07, 6.45) is 3.30. The fourth-order valence-corrected chi connectivity index (χ4v) is 1.32. The number of phenolic OH excluding ortho intramolecular Hbond substituents is 2. The standard InChI is InChI=1S/C10H10N2O3/c1-15-9-3-6(2-8(13)10(9)14)7-4-11-12-5-7/h2-5,13-14H,1H3,(H,11,12). The fourth-order valence-electron chi connectivity index (χ4n) is 1.32. The summed E-state index contributed by atoms with van der Waals surface area (Å²) in [7, 11) is 1.42. The maximum Gasteiger partial charge on any atom is 0.200 e. The number of aromatic hydroxyl groups is 2. The SMILES string of the molecule is COc1cc(-c2cn[nH]c2)cc(O)c1O. The van der Waals surface area contributed by atoms with Crippen LogP contribution in [0.2, 0.25) is 0 Å². The Balaban J connectivity index is 2.55. The third-order valence-corrected chi connectivity index (χ3v) is 2.11. The van der Waals surface area contributed by atoms with Gasteiger partial charge < -0.3 is 14.9 Å². The Morgan fingerprint density at radius 2 is 2.07 bits per heavy atom. The molecular weight excluding hydrogens is 196 g/mol. The quantitative estimate of drug-likeness (QED) is 0.650. The lowest BCUT2D eigenvalue weighted by Crippen LogP contribution is -1.85. The number of methoxy groups -OCH3 is 1. The highest BCUT2D eigenvalue weighted by Gasteiger charge is 2.10. The predicted molar refractivity (Wildman–Crippen MR) is 53.9 cm³/mol. The minimum Gasteiger partial charge on any atom is -0.504 e. The van der Waals surface area contributed by atoms with Gasteiger partial charge in [-0.05, 0) is 17.7 Å². The van der Waals surface area contributed by atoms with Crippen LogP contribution in [0.1, 0.15) is 0 Å². The number of phenols is 2. The van der Waals surface area contributed by atoms with Gasteiger partial charge in [-0.25, -0.2) is 0 Å². The Bertz CT molecular complexity index is 466. The molecule has 0 aliphatic heterocycles. The van der Waals surface area contributed by atoms with E-state index < -0.39 is 0 Å². The van der Waals surface area contributed by atoms with Gasteiger partial charge in [0.15, 0.2) is 11.5 Å². The molecule has 1 aromatic carbocycles. The molecule has 0 amide bonds. The summed E-state index contributed by atoms with van der Waals surface area (Å²) in [5.41, 5.74) is 1.53. The lowest BCUT2D eigenvalue weighted by molar-refractivity contribution is 0.351. The summed E-state index contributed by atoms with van der Waals surface area (Å²) in [6.45, 7) is 0. The highest BCUT2D eigenvalue weighted by atomic mass is 16.5. The van der Waals surface area contributed by atoms with Gasteiger partial charge in [-0.3, -0.25) is 5.10 Å². The highest BCUT2D eigenvalue weighted by Crippen LogP contribution is 2.39. The normalized spacial score (nSPS) is 10.2. The van der Waals surface area contributed by atoms with E-state index in [1.165, 1.54) is 13.2 Å². The first-order valence-electron chi connectivity index (χ1n) is 4.31. The minimum absolute atomic E-state index is 0.217. The number of aromatic nitrogens is 2. The highest BCUT2D eigenvalue weighted by molar-refractivity contribution is 5.69. The zero-order chi connectivity index (χ0) is 10.8. The number of hydrogen-bond donors (Lipinski definition) is 3. The summed E-state index contributed by atoms with van der Waals surface area (Å²) in [4.78, 5) is 0. The Labute approximate surface area is 86.0 Å². The molecule has 0 saturated heterocycles. The van der Waals surface area contributed by atoms with Crippen LogP contribution in [0.15, 0.2) is 24.5 Å². The number of nitrogens with one attached hydrogen (secondary N) is 1. The second kappa shape index (κ2) is 3.53. The fraction of sp³-hybridized carbons (Fsp3) is 0.100. The molecule has 0 unspecified atom stereocenters. The second-order valence-electron chi connectivity index (χ2n) is 3.03. The van der Waals surface area contributed by atoms with Crippen molar-refractivity contribution in [1.82, 2.24) is 10.2 Å². The molecule has 1 heterocycles. The smallest absolute Gasteiger partial charge is 0.200 e. The van der Waals surface area contributed by atoms with Gasteiger partial charge in [0.1, 0.15) is 0 Å². The molecule has 0 spiro atoms. The summed E-state index contributed by atoms with van der Waals surface area (Å²) in [5.74, 6) is -0.249. The zero-order valence-corrected chi connectivity index (χ0v) is 8.06. The molecule has 5 nitrogen and oxygen atoms in total. The molecule has 0 fully saturated rings. The van der Waals surface area contributed by atoms with Crippen molar-refractivity contribution in [3.05, 3.63) is 24.5 Å². The first kappa shape index (κ1) is 9.39. The van der Waals surface area contributed by atoms with Crippen LogP contribution in [0.4, 0.5) is 0 Å². The molecule has 0 saturated carbocycles. The lowest BCUT2D eigenvalue weighted by atomic mass is 10.1. The molecule has 0 bridgehead atoms. The molecule has 0 atom stereocenters. The Morgan fingerprint density at radius 3 is 2.67 bits per heavy atom. The van der Waals surface area contributed by atoms with Crippen molar-refractivity contribution in [2.45, 2.75) is 0 Å². The summed E-state index contributed by atoms with van der Waals surface area (Å²) in [5, 5.41) is 25.3. The Morgan fingerprint density at radius 1 is 1.27 bits per heavy atom. The Kier molecular flexibility index (Phi) is 2.21. The molecule has 0 aliphatic rings. The van der Waals surface area contributed by atoms with Crippen LogP contribution in [0.3, 0.4) is 0 Å². The van der Waals surface area contributed by atoms with E-state index in [4.69, 9.17) is 4.74 Å². The first-order chi connectivity index (χ1) is 7.22. The van der Waals surface area contributed by atoms with Crippen molar-refractivity contribution in [1.29, 1.82) is 0 Å². The van der Waals surface area contributed by atoms with Crippen LogP contribution >= 0.6 is 0 Å². The minimum atomic E-state index is -0.259. The van der Waals surface area contributed by atoms with E-state index >= 15 is 0 Å². The number of hydrogen-bond acceptors (Lipinski definition) is 4. The summed E-state index contributed by atoms with van der Waals surface area (Å²) in [6, 6.07) is 3.07. The molecule has 78 valence electrons. The van der Waals surface area contributed by atoms with Crippen molar-refractivity contribution >= 4 is 0 Å². The average molecular weight is 206 g/mol. The van der Waals surface area contributed by atoms with Gasteiger partial charge in [0.2, 0.25) is 5.75 Å². The number of nitrogens with zero attached hydrogens (tertiary/aromatic N) is 1. The molecule has 0 radical (unpaired) electrons. The van der Waals surface area contributed by atoms with Crippen LogP contribution in [0, 0.1) is 0 Å². The van der Waals surface area contributed by atoms with Crippen LogP contribution in [-0.4, -0.2) is 27.5 Å². The monoisotopic (exact) mass is 206 g/mol. The van der Waals surface area contributed by atoms with E-state index in [1.807, 2.05) is 0 Å². The number of ether oxygens (including phenoxy) is 1. The van der Waals surface area contributed by atoms with Crippen LogP contribution in [0.5, 0.6) is 17.2 Å². The summed E-state index contributed by atoms with van der Waals surface area (Å²) >= 11 is 0. The maximum absolute atomic E-state index is 9.45. The predicted octanol–water partition coefficient (Wildman–Crippen LogP) is 1.50. The third kappa shape index (κ3) is 1.59. The number of aromatic amines is 1. The van der Waals surface area contributed by atoms with Gasteiger partial charge in [-0.2, -0.15) is 5.10 Å². The molecule has 0 aliphatic carbocycles. The van der Waals surface area contributed by atoms with Crippen molar-refractivity contribution in [3.63, 3.8) is 0 Å². The van der Waals surface area contributed by atoms with Gasteiger partial charge in [-0.15, -0.1) is 0 Å². The molecule has 3 N–H and O–H groups in total. The molecule has 2 rings (SSSR count). The van der Waals surface area contributed by atoms with Gasteiger partial charge in [0, 0.05) is 11.8 Å². The third-order valence-electron chi connectivity index (χ3n) is 2.11. The van der Waals surface area contributed by atoms with Crippen LogP contribution in [-0.2, 0) is 0 Å². The largest absolute Gasteiger partial charge is 0.504 e. The van der Waals surface area contributed by atoms with E-state index in [1.54, 1.807) is 18.5 Å². The van der Waals surface area contributed by atoms with Crippen LogP contribution < -0.4 is 4.74 Å². The summed E-state index contributed by atoms with van der Waals surface area (Å²) < 4.78 is 4.92. The van der Waals surface area contributed by atoms with Crippen molar-refractivity contribution in [2.24, 2.45) is 0 Å². The zero-order valence-electron chi connectivity index (χ0n) is 8.06.